The first-order valence-electron chi connectivity index (χ1n) is 12.2. The summed E-state index contributed by atoms with van der Waals surface area (Å²) in [4.78, 5) is 15.3. The van der Waals surface area contributed by atoms with Gasteiger partial charge in [0, 0.05) is 23.0 Å². The standard InChI is InChI=1S/C31H25N5/c1-31(2,3)20-15-17-22(18-16-20)36-25-14-9-19-32-27(25)28-30(36)33-26-23-12-7-8-13-24(23)35(29(26)34-28)21-10-5-4-6-11-21/h4-19H,1-3H3. The molecule has 5 nitrogen and oxygen atoms in total. The van der Waals surface area contributed by atoms with Gasteiger partial charge in [0.1, 0.15) is 16.6 Å². The van der Waals surface area contributed by atoms with Crippen molar-refractivity contribution in [3.05, 3.63) is 103 Å². The van der Waals surface area contributed by atoms with Gasteiger partial charge in [-0.05, 0) is 53.4 Å². The smallest absolute Gasteiger partial charge is 0.166 e. The van der Waals surface area contributed by atoms with Crippen molar-refractivity contribution in [2.45, 2.75) is 26.2 Å². The zero-order valence-electron chi connectivity index (χ0n) is 20.5. The maximum Gasteiger partial charge on any atom is 0.166 e. The lowest BCUT2D eigenvalue weighted by Gasteiger charge is -2.19. The first-order chi connectivity index (χ1) is 17.5. The van der Waals surface area contributed by atoms with Crippen LogP contribution in [0.15, 0.2) is 97.2 Å². The highest BCUT2D eigenvalue weighted by Crippen LogP contribution is 2.35. The van der Waals surface area contributed by atoms with E-state index in [1.54, 1.807) is 0 Å². The van der Waals surface area contributed by atoms with Crippen LogP contribution in [0.1, 0.15) is 26.3 Å². The van der Waals surface area contributed by atoms with Crippen LogP contribution in [0.25, 0.3) is 55.6 Å². The summed E-state index contributed by atoms with van der Waals surface area (Å²) in [5.74, 6) is 0. The van der Waals surface area contributed by atoms with Crippen LogP contribution in [0, 0.1) is 0 Å². The van der Waals surface area contributed by atoms with Gasteiger partial charge in [0.25, 0.3) is 0 Å². The fraction of sp³-hybridized carbons (Fsp3) is 0.129. The molecule has 7 aromatic rings. The Kier molecular flexibility index (Phi) is 4.33. The van der Waals surface area contributed by atoms with E-state index in [2.05, 4.69) is 109 Å². The molecule has 174 valence electrons. The predicted molar refractivity (Wildman–Crippen MR) is 147 cm³/mol. The highest BCUT2D eigenvalue weighted by molar-refractivity contribution is 6.11. The van der Waals surface area contributed by atoms with Crippen molar-refractivity contribution in [1.29, 1.82) is 0 Å². The number of pyridine rings is 1. The van der Waals surface area contributed by atoms with E-state index in [4.69, 9.17) is 15.0 Å². The summed E-state index contributed by atoms with van der Waals surface area (Å²) >= 11 is 0. The minimum absolute atomic E-state index is 0.0894. The van der Waals surface area contributed by atoms with E-state index in [1.165, 1.54) is 5.56 Å². The van der Waals surface area contributed by atoms with Gasteiger partial charge in [0.15, 0.2) is 11.3 Å². The molecule has 36 heavy (non-hydrogen) atoms. The Morgan fingerprint density at radius 3 is 1.94 bits per heavy atom. The average molecular weight is 468 g/mol. The van der Waals surface area contributed by atoms with E-state index in [0.29, 0.717) is 0 Å². The second-order valence-corrected chi connectivity index (χ2v) is 10.3. The van der Waals surface area contributed by atoms with Crippen molar-refractivity contribution in [1.82, 2.24) is 24.1 Å². The SMILES string of the molecule is CC(C)(C)c1ccc(-n2c3cccnc3c3nc4c(nc32)c2ccccc2n4-c2ccccc2)cc1. The van der Waals surface area contributed by atoms with Gasteiger partial charge in [-0.15, -0.1) is 0 Å². The van der Waals surface area contributed by atoms with Crippen LogP contribution in [-0.2, 0) is 5.41 Å². The summed E-state index contributed by atoms with van der Waals surface area (Å²) in [6.45, 7) is 6.70. The summed E-state index contributed by atoms with van der Waals surface area (Å²) in [5.41, 5.74) is 9.78. The number of benzene rings is 3. The molecule has 0 aliphatic heterocycles. The van der Waals surface area contributed by atoms with Gasteiger partial charge in [-0.2, -0.15) is 0 Å². The second-order valence-electron chi connectivity index (χ2n) is 10.3. The molecule has 0 radical (unpaired) electrons. The summed E-state index contributed by atoms with van der Waals surface area (Å²) in [6, 6.07) is 31.6. The first kappa shape index (κ1) is 20.8. The molecule has 0 amide bonds. The molecule has 3 aromatic carbocycles. The number of nitrogens with zero attached hydrogens (tertiary/aromatic N) is 5. The zero-order chi connectivity index (χ0) is 24.4. The molecule has 5 heteroatoms. The summed E-state index contributed by atoms with van der Waals surface area (Å²) in [5, 5.41) is 1.08. The van der Waals surface area contributed by atoms with Crippen molar-refractivity contribution >= 4 is 44.3 Å². The van der Waals surface area contributed by atoms with E-state index in [0.717, 1.165) is 55.6 Å². The molecule has 0 spiro atoms. The molecule has 0 aliphatic carbocycles. The number of hydrogen-bond donors (Lipinski definition) is 0. The van der Waals surface area contributed by atoms with Crippen LogP contribution in [0.4, 0.5) is 0 Å². The fourth-order valence-corrected chi connectivity index (χ4v) is 5.14. The normalized spacial score (nSPS) is 12.3. The van der Waals surface area contributed by atoms with Gasteiger partial charge >= 0.3 is 0 Å². The second kappa shape index (κ2) is 7.49. The molecule has 4 aromatic heterocycles. The minimum Gasteiger partial charge on any atom is -0.293 e. The maximum absolute atomic E-state index is 5.28. The molecule has 0 fully saturated rings. The van der Waals surface area contributed by atoms with Crippen molar-refractivity contribution in [2.24, 2.45) is 0 Å². The Bertz CT molecular complexity index is 1900. The third kappa shape index (κ3) is 2.99. The Labute approximate surface area is 208 Å². The van der Waals surface area contributed by atoms with E-state index >= 15 is 0 Å². The van der Waals surface area contributed by atoms with Crippen molar-refractivity contribution in [2.75, 3.05) is 0 Å². The third-order valence-electron chi connectivity index (χ3n) is 6.94. The Balaban J connectivity index is 1.60. The van der Waals surface area contributed by atoms with Crippen molar-refractivity contribution in [3.8, 4) is 11.4 Å². The molecule has 0 saturated heterocycles. The van der Waals surface area contributed by atoms with E-state index < -0.39 is 0 Å². The average Bonchev–Trinajstić information content (AvgIpc) is 3.40. The Morgan fingerprint density at radius 1 is 0.556 bits per heavy atom. The molecule has 4 heterocycles. The summed E-state index contributed by atoms with van der Waals surface area (Å²) < 4.78 is 4.38. The molecule has 0 saturated carbocycles. The topological polar surface area (TPSA) is 48.5 Å². The summed E-state index contributed by atoms with van der Waals surface area (Å²) in [6.07, 6.45) is 1.83. The van der Waals surface area contributed by atoms with Gasteiger partial charge in [0.05, 0.1) is 11.0 Å². The monoisotopic (exact) mass is 467 g/mol. The molecule has 0 atom stereocenters. The highest BCUT2D eigenvalue weighted by atomic mass is 15.1. The van der Waals surface area contributed by atoms with E-state index in [1.807, 2.05) is 18.3 Å². The molecule has 0 aliphatic rings. The zero-order valence-corrected chi connectivity index (χ0v) is 20.5. The Hall–Kier alpha value is -4.51. The lowest BCUT2D eigenvalue weighted by Crippen LogP contribution is -2.10. The van der Waals surface area contributed by atoms with Crippen LogP contribution < -0.4 is 0 Å². The summed E-state index contributed by atoms with van der Waals surface area (Å²) in [7, 11) is 0. The van der Waals surface area contributed by atoms with E-state index in [9.17, 15) is 0 Å². The van der Waals surface area contributed by atoms with Gasteiger partial charge < -0.3 is 0 Å². The molecule has 0 N–H and O–H groups in total. The molecule has 0 bridgehead atoms. The fourth-order valence-electron chi connectivity index (χ4n) is 5.14. The third-order valence-corrected chi connectivity index (χ3v) is 6.94. The van der Waals surface area contributed by atoms with Crippen molar-refractivity contribution < 1.29 is 0 Å². The lowest BCUT2D eigenvalue weighted by molar-refractivity contribution is 0.590. The minimum atomic E-state index is 0.0894. The number of aromatic nitrogens is 5. The number of fused-ring (bicyclic) bond motifs is 6. The van der Waals surface area contributed by atoms with Gasteiger partial charge in [-0.1, -0.05) is 69.3 Å². The molecular formula is C31H25N5. The largest absolute Gasteiger partial charge is 0.293 e. The van der Waals surface area contributed by atoms with Crippen LogP contribution in [0.2, 0.25) is 0 Å². The number of para-hydroxylation sites is 2. The van der Waals surface area contributed by atoms with Crippen LogP contribution >= 0.6 is 0 Å². The quantitative estimate of drug-likeness (QED) is 0.267. The van der Waals surface area contributed by atoms with Gasteiger partial charge in [-0.3, -0.25) is 14.1 Å². The molecule has 0 unspecified atom stereocenters. The van der Waals surface area contributed by atoms with Crippen LogP contribution in [-0.4, -0.2) is 24.1 Å². The number of rotatable bonds is 2. The highest BCUT2D eigenvalue weighted by Gasteiger charge is 2.22. The van der Waals surface area contributed by atoms with Gasteiger partial charge in [-0.25, -0.2) is 9.97 Å². The lowest BCUT2D eigenvalue weighted by atomic mass is 9.87. The van der Waals surface area contributed by atoms with Crippen LogP contribution in [0.3, 0.4) is 0 Å². The van der Waals surface area contributed by atoms with Crippen LogP contribution in [0.5, 0.6) is 0 Å². The van der Waals surface area contributed by atoms with E-state index in [-0.39, 0.29) is 5.41 Å². The first-order valence-corrected chi connectivity index (χ1v) is 12.2. The van der Waals surface area contributed by atoms with Gasteiger partial charge in [0.2, 0.25) is 0 Å². The van der Waals surface area contributed by atoms with Crippen molar-refractivity contribution in [3.63, 3.8) is 0 Å². The molecular weight excluding hydrogens is 442 g/mol. The molecule has 7 rings (SSSR count). The maximum atomic E-state index is 5.28. The Morgan fingerprint density at radius 2 is 1.17 bits per heavy atom. The number of hydrogen-bond acceptors (Lipinski definition) is 3. The predicted octanol–water partition coefficient (Wildman–Crippen LogP) is 7.36.